The lowest BCUT2D eigenvalue weighted by atomic mass is 10.0. The van der Waals surface area contributed by atoms with Gasteiger partial charge >= 0.3 is 0 Å². The van der Waals surface area contributed by atoms with Gasteiger partial charge in [0.2, 0.25) is 0 Å². The van der Waals surface area contributed by atoms with Crippen molar-refractivity contribution in [1.82, 2.24) is 5.32 Å². The molecule has 4 heteroatoms. The van der Waals surface area contributed by atoms with Crippen molar-refractivity contribution in [3.05, 3.63) is 65.2 Å². The Labute approximate surface area is 130 Å². The van der Waals surface area contributed by atoms with E-state index in [1.165, 1.54) is 5.56 Å². The number of anilines is 1. The van der Waals surface area contributed by atoms with E-state index in [1.807, 2.05) is 30.3 Å². The van der Waals surface area contributed by atoms with Crippen LogP contribution < -0.4 is 10.6 Å². The molecule has 0 unspecified atom stereocenters. The third-order valence-electron chi connectivity index (χ3n) is 3.04. The van der Waals surface area contributed by atoms with E-state index in [2.05, 4.69) is 41.8 Å². The molecule has 0 fully saturated rings. The van der Waals surface area contributed by atoms with Crippen LogP contribution in [0.1, 0.15) is 18.4 Å². The Kier molecular flexibility index (Phi) is 5.39. The van der Waals surface area contributed by atoms with Gasteiger partial charge in [-0.1, -0.05) is 48.9 Å². The summed E-state index contributed by atoms with van der Waals surface area (Å²) in [6.07, 6.45) is 0. The summed E-state index contributed by atoms with van der Waals surface area (Å²) in [5.41, 5.74) is 2.23. The molecule has 0 aromatic heterocycles. The zero-order chi connectivity index (χ0) is 14.4. The number of rotatable bonds is 4. The lowest BCUT2D eigenvalue weighted by molar-refractivity contribution is 0.723. The largest absolute Gasteiger partial charge is 0.362 e. The van der Waals surface area contributed by atoms with E-state index in [4.69, 9.17) is 23.8 Å². The van der Waals surface area contributed by atoms with Crippen molar-refractivity contribution in [2.45, 2.75) is 12.8 Å². The van der Waals surface area contributed by atoms with Crippen molar-refractivity contribution in [2.75, 3.05) is 11.9 Å². The van der Waals surface area contributed by atoms with Gasteiger partial charge in [-0.2, -0.15) is 0 Å². The highest BCUT2D eigenvalue weighted by molar-refractivity contribution is 7.80. The number of benzene rings is 2. The highest BCUT2D eigenvalue weighted by atomic mass is 35.5. The lowest BCUT2D eigenvalue weighted by Crippen LogP contribution is -2.31. The molecule has 0 aliphatic carbocycles. The fourth-order valence-corrected chi connectivity index (χ4v) is 2.18. The zero-order valence-electron chi connectivity index (χ0n) is 11.3. The first-order valence-electron chi connectivity index (χ1n) is 6.50. The van der Waals surface area contributed by atoms with Gasteiger partial charge < -0.3 is 10.6 Å². The van der Waals surface area contributed by atoms with Gasteiger partial charge in [0, 0.05) is 17.3 Å². The number of nitrogens with one attached hydrogen (secondary N) is 2. The molecule has 0 aliphatic rings. The Balaban J connectivity index is 1.82. The van der Waals surface area contributed by atoms with Gasteiger partial charge in [-0.05, 0) is 48.0 Å². The maximum atomic E-state index is 5.84. The molecule has 2 rings (SSSR count). The van der Waals surface area contributed by atoms with Gasteiger partial charge in [0.05, 0.1) is 0 Å². The monoisotopic (exact) mass is 304 g/mol. The fourth-order valence-electron chi connectivity index (χ4n) is 1.85. The molecule has 1 atom stereocenters. The van der Waals surface area contributed by atoms with Gasteiger partial charge in [-0.25, -0.2) is 0 Å². The second-order valence-electron chi connectivity index (χ2n) is 4.65. The Morgan fingerprint density at radius 3 is 2.40 bits per heavy atom. The molecule has 2 nitrogen and oxygen atoms in total. The first kappa shape index (κ1) is 14.8. The van der Waals surface area contributed by atoms with Gasteiger partial charge in [-0.3, -0.25) is 0 Å². The van der Waals surface area contributed by atoms with E-state index in [9.17, 15) is 0 Å². The molecule has 0 saturated carbocycles. The number of thiocarbonyl (C=S) groups is 1. The average Bonchev–Trinajstić information content (AvgIpc) is 2.48. The third kappa shape index (κ3) is 4.51. The Bertz CT molecular complexity index is 554. The Morgan fingerprint density at radius 2 is 1.75 bits per heavy atom. The van der Waals surface area contributed by atoms with E-state index >= 15 is 0 Å². The van der Waals surface area contributed by atoms with Gasteiger partial charge in [0.25, 0.3) is 0 Å². The molecular weight excluding hydrogens is 288 g/mol. The first-order chi connectivity index (χ1) is 9.65. The van der Waals surface area contributed by atoms with Crippen LogP contribution in [0.3, 0.4) is 0 Å². The van der Waals surface area contributed by atoms with Crippen molar-refractivity contribution in [1.29, 1.82) is 0 Å². The van der Waals surface area contributed by atoms with Crippen LogP contribution in [0.5, 0.6) is 0 Å². The van der Waals surface area contributed by atoms with Crippen LogP contribution in [0, 0.1) is 0 Å². The molecule has 2 aromatic rings. The fraction of sp³-hybridized carbons (Fsp3) is 0.188. The van der Waals surface area contributed by atoms with Gasteiger partial charge in [-0.15, -0.1) is 0 Å². The molecule has 2 N–H and O–H groups in total. The highest BCUT2D eigenvalue weighted by Gasteiger charge is 2.05. The molecule has 0 heterocycles. The van der Waals surface area contributed by atoms with Gasteiger partial charge in [0.15, 0.2) is 5.11 Å². The summed E-state index contributed by atoms with van der Waals surface area (Å²) in [7, 11) is 0. The molecule has 0 bridgehead atoms. The molecule has 0 saturated heterocycles. The molecule has 0 aliphatic heterocycles. The van der Waals surface area contributed by atoms with Crippen molar-refractivity contribution >= 4 is 34.6 Å². The van der Waals surface area contributed by atoms with E-state index in [0.29, 0.717) is 16.1 Å². The number of halogens is 1. The van der Waals surface area contributed by atoms with E-state index in [1.54, 1.807) is 0 Å². The van der Waals surface area contributed by atoms with Crippen molar-refractivity contribution in [3.8, 4) is 0 Å². The minimum Gasteiger partial charge on any atom is -0.362 e. The van der Waals surface area contributed by atoms with Crippen LogP contribution in [-0.4, -0.2) is 11.7 Å². The van der Waals surface area contributed by atoms with Crippen LogP contribution in [0.15, 0.2) is 54.6 Å². The minimum absolute atomic E-state index is 0.404. The molecule has 0 radical (unpaired) electrons. The van der Waals surface area contributed by atoms with Crippen molar-refractivity contribution in [3.63, 3.8) is 0 Å². The predicted octanol–water partition coefficient (Wildman–Crippen LogP) is 4.43. The zero-order valence-corrected chi connectivity index (χ0v) is 12.8. The smallest absolute Gasteiger partial charge is 0.170 e. The van der Waals surface area contributed by atoms with Crippen LogP contribution >= 0.6 is 23.8 Å². The molecule has 2 aromatic carbocycles. The van der Waals surface area contributed by atoms with Crippen molar-refractivity contribution in [2.24, 2.45) is 0 Å². The summed E-state index contributed by atoms with van der Waals surface area (Å²) >= 11 is 11.1. The normalized spacial score (nSPS) is 11.7. The van der Waals surface area contributed by atoms with Gasteiger partial charge in [0.1, 0.15) is 0 Å². The quantitative estimate of drug-likeness (QED) is 0.817. The summed E-state index contributed by atoms with van der Waals surface area (Å²) in [6, 6.07) is 17.8. The van der Waals surface area contributed by atoms with Crippen molar-refractivity contribution < 1.29 is 0 Å². The van der Waals surface area contributed by atoms with E-state index in [-0.39, 0.29) is 0 Å². The molecule has 0 amide bonds. The number of hydrogen-bond acceptors (Lipinski definition) is 1. The highest BCUT2D eigenvalue weighted by Crippen LogP contribution is 2.14. The maximum Gasteiger partial charge on any atom is 0.170 e. The summed E-state index contributed by atoms with van der Waals surface area (Å²) in [4.78, 5) is 0. The van der Waals surface area contributed by atoms with E-state index in [0.717, 1.165) is 12.2 Å². The molecule has 104 valence electrons. The second kappa shape index (κ2) is 7.27. The summed E-state index contributed by atoms with van der Waals surface area (Å²) in [5.74, 6) is 0.404. The summed E-state index contributed by atoms with van der Waals surface area (Å²) in [5, 5.41) is 7.70. The van der Waals surface area contributed by atoms with Crippen LogP contribution in [-0.2, 0) is 0 Å². The van der Waals surface area contributed by atoms with Crippen LogP contribution in [0.25, 0.3) is 0 Å². The second-order valence-corrected chi connectivity index (χ2v) is 5.50. The van der Waals surface area contributed by atoms with Crippen LogP contribution in [0.2, 0.25) is 5.02 Å². The lowest BCUT2D eigenvalue weighted by Gasteiger charge is -2.15. The molecule has 20 heavy (non-hydrogen) atoms. The minimum atomic E-state index is 0.404. The predicted molar refractivity (Wildman–Crippen MR) is 90.5 cm³/mol. The Morgan fingerprint density at radius 1 is 1.10 bits per heavy atom. The summed E-state index contributed by atoms with van der Waals surface area (Å²) < 4.78 is 0. The topological polar surface area (TPSA) is 24.1 Å². The average molecular weight is 305 g/mol. The van der Waals surface area contributed by atoms with E-state index < -0.39 is 0 Å². The maximum absolute atomic E-state index is 5.84. The van der Waals surface area contributed by atoms with Crippen LogP contribution in [0.4, 0.5) is 5.69 Å². The third-order valence-corrected chi connectivity index (χ3v) is 3.54. The summed E-state index contributed by atoms with van der Waals surface area (Å²) in [6.45, 7) is 2.97. The SMILES string of the molecule is C[C@H](CNC(=S)Nc1ccc(Cl)cc1)c1ccccc1. The molecule has 0 spiro atoms. The molecular formula is C16H17ClN2S. The standard InChI is InChI=1S/C16H17ClN2S/c1-12(13-5-3-2-4-6-13)11-18-16(20)19-15-9-7-14(17)8-10-15/h2-10,12H,11H2,1H3,(H2,18,19,20)/t12-/m1/s1. The number of hydrogen-bond donors (Lipinski definition) is 2. The first-order valence-corrected chi connectivity index (χ1v) is 7.29. The Hall–Kier alpha value is -1.58.